The molecule has 0 aliphatic rings. The average molecular weight is 383 g/mol. The van der Waals surface area contributed by atoms with E-state index < -0.39 is 0 Å². The van der Waals surface area contributed by atoms with Crippen molar-refractivity contribution in [1.82, 2.24) is 14.8 Å². The van der Waals surface area contributed by atoms with Crippen molar-refractivity contribution in [1.29, 1.82) is 0 Å². The molecule has 4 rings (SSSR count). The standard InChI is InChI=1S/C19H15ClN4OS/c1-23-16(9-10-21-23)18(25)24(12-13-5-3-2-4-6-13)19-22-15-8-7-14(20)11-17(15)26-19/h2-11H,12H2,1H3. The van der Waals surface area contributed by atoms with Crippen molar-refractivity contribution in [2.24, 2.45) is 7.05 Å². The molecule has 2 aromatic carbocycles. The van der Waals surface area contributed by atoms with E-state index in [0.717, 1.165) is 15.8 Å². The summed E-state index contributed by atoms with van der Waals surface area (Å²) in [5.41, 5.74) is 2.36. The molecule has 0 fully saturated rings. The van der Waals surface area contributed by atoms with Crippen molar-refractivity contribution in [2.75, 3.05) is 4.90 Å². The van der Waals surface area contributed by atoms with Gasteiger partial charge < -0.3 is 0 Å². The molecule has 0 spiro atoms. The van der Waals surface area contributed by atoms with Gasteiger partial charge in [0.1, 0.15) is 5.69 Å². The number of hydrogen-bond donors (Lipinski definition) is 0. The zero-order valence-electron chi connectivity index (χ0n) is 14.0. The number of aromatic nitrogens is 3. The third kappa shape index (κ3) is 3.21. The Morgan fingerprint density at radius 3 is 2.73 bits per heavy atom. The lowest BCUT2D eigenvalue weighted by Crippen LogP contribution is -2.31. The highest BCUT2D eigenvalue weighted by atomic mass is 35.5. The van der Waals surface area contributed by atoms with E-state index in [2.05, 4.69) is 10.1 Å². The predicted octanol–water partition coefficient (Wildman–Crippen LogP) is 4.53. The second-order valence-electron chi connectivity index (χ2n) is 5.83. The van der Waals surface area contributed by atoms with Gasteiger partial charge in [0, 0.05) is 18.3 Å². The van der Waals surface area contributed by atoms with Crippen molar-refractivity contribution in [3.8, 4) is 0 Å². The van der Waals surface area contributed by atoms with Crippen LogP contribution in [0.15, 0.2) is 60.8 Å². The molecular formula is C19H15ClN4OS. The smallest absolute Gasteiger partial charge is 0.278 e. The first-order chi connectivity index (χ1) is 12.6. The summed E-state index contributed by atoms with van der Waals surface area (Å²) in [4.78, 5) is 19.5. The number of benzene rings is 2. The van der Waals surface area contributed by atoms with E-state index in [1.807, 2.05) is 42.5 Å². The van der Waals surface area contributed by atoms with Crippen molar-refractivity contribution >= 4 is 44.2 Å². The molecule has 0 atom stereocenters. The van der Waals surface area contributed by atoms with E-state index >= 15 is 0 Å². The molecule has 5 nitrogen and oxygen atoms in total. The van der Waals surface area contributed by atoms with Crippen LogP contribution < -0.4 is 4.90 Å². The van der Waals surface area contributed by atoms with E-state index in [0.29, 0.717) is 22.4 Å². The number of hydrogen-bond acceptors (Lipinski definition) is 4. The van der Waals surface area contributed by atoms with Crippen molar-refractivity contribution in [3.05, 3.63) is 77.1 Å². The molecule has 0 N–H and O–H groups in total. The summed E-state index contributed by atoms with van der Waals surface area (Å²) in [7, 11) is 1.76. The largest absolute Gasteiger partial charge is 0.278 e. The van der Waals surface area contributed by atoms with Crippen LogP contribution in [0.25, 0.3) is 10.2 Å². The Kier molecular flexibility index (Phi) is 4.44. The molecule has 2 heterocycles. The van der Waals surface area contributed by atoms with Gasteiger partial charge in [-0.3, -0.25) is 14.4 Å². The Balaban J connectivity index is 1.78. The fourth-order valence-corrected chi connectivity index (χ4v) is 3.96. The van der Waals surface area contributed by atoms with Crippen LogP contribution in [-0.2, 0) is 13.6 Å². The number of anilines is 1. The lowest BCUT2D eigenvalue weighted by molar-refractivity contribution is 0.0976. The summed E-state index contributed by atoms with van der Waals surface area (Å²) in [6.45, 7) is 0.429. The van der Waals surface area contributed by atoms with Gasteiger partial charge in [0.25, 0.3) is 5.91 Å². The molecule has 1 amide bonds. The number of rotatable bonds is 4. The minimum atomic E-state index is -0.140. The van der Waals surface area contributed by atoms with Gasteiger partial charge in [-0.1, -0.05) is 53.3 Å². The van der Waals surface area contributed by atoms with Gasteiger partial charge in [-0.15, -0.1) is 0 Å². The SMILES string of the molecule is Cn1nccc1C(=O)N(Cc1ccccc1)c1nc2ccc(Cl)cc2s1. The van der Waals surface area contributed by atoms with Crippen molar-refractivity contribution < 1.29 is 4.79 Å². The van der Waals surface area contributed by atoms with Crippen LogP contribution in [0.2, 0.25) is 5.02 Å². The topological polar surface area (TPSA) is 51.0 Å². The first-order valence-electron chi connectivity index (χ1n) is 8.02. The number of thiazole rings is 1. The molecule has 0 saturated heterocycles. The fourth-order valence-electron chi connectivity index (χ4n) is 2.72. The highest BCUT2D eigenvalue weighted by molar-refractivity contribution is 7.22. The minimum Gasteiger partial charge on any atom is -0.278 e. The fraction of sp³-hybridized carbons (Fsp3) is 0.105. The van der Waals surface area contributed by atoms with Crippen LogP contribution in [0.3, 0.4) is 0 Å². The number of nitrogens with zero attached hydrogens (tertiary/aromatic N) is 4. The summed E-state index contributed by atoms with van der Waals surface area (Å²) < 4.78 is 2.52. The number of carbonyl (C=O) groups is 1. The molecule has 0 saturated carbocycles. The molecule has 0 aliphatic carbocycles. The normalized spacial score (nSPS) is 11.0. The Morgan fingerprint density at radius 2 is 2.00 bits per heavy atom. The van der Waals surface area contributed by atoms with Crippen LogP contribution in [0.5, 0.6) is 0 Å². The quantitative estimate of drug-likeness (QED) is 0.521. The van der Waals surface area contributed by atoms with Gasteiger partial charge in [-0.05, 0) is 29.8 Å². The third-order valence-corrected chi connectivity index (χ3v) is 5.32. The van der Waals surface area contributed by atoms with Crippen LogP contribution in [0.1, 0.15) is 16.1 Å². The molecule has 0 radical (unpaired) electrons. The maximum absolute atomic E-state index is 13.2. The van der Waals surface area contributed by atoms with E-state index in [9.17, 15) is 4.79 Å². The van der Waals surface area contributed by atoms with E-state index in [4.69, 9.17) is 11.6 Å². The molecule has 130 valence electrons. The number of halogens is 1. The number of aryl methyl sites for hydroxylation is 1. The summed E-state index contributed by atoms with van der Waals surface area (Å²) in [5, 5.41) is 5.40. The average Bonchev–Trinajstić information content (AvgIpc) is 3.25. The number of carbonyl (C=O) groups excluding carboxylic acids is 1. The molecule has 0 aliphatic heterocycles. The van der Waals surface area contributed by atoms with Crippen molar-refractivity contribution in [3.63, 3.8) is 0 Å². The molecule has 0 unspecified atom stereocenters. The third-order valence-electron chi connectivity index (χ3n) is 4.04. The first-order valence-corrected chi connectivity index (χ1v) is 9.21. The highest BCUT2D eigenvalue weighted by Crippen LogP contribution is 2.32. The molecule has 0 bridgehead atoms. The van der Waals surface area contributed by atoms with E-state index in [1.165, 1.54) is 11.3 Å². The summed E-state index contributed by atoms with van der Waals surface area (Å²) in [5.74, 6) is -0.140. The molecule has 26 heavy (non-hydrogen) atoms. The Labute approximate surface area is 159 Å². The zero-order chi connectivity index (χ0) is 18.1. The molecule has 7 heteroatoms. The zero-order valence-corrected chi connectivity index (χ0v) is 15.5. The second-order valence-corrected chi connectivity index (χ2v) is 7.27. The van der Waals surface area contributed by atoms with E-state index in [1.54, 1.807) is 35.0 Å². The van der Waals surface area contributed by atoms with Gasteiger partial charge in [-0.25, -0.2) is 4.98 Å². The molecular weight excluding hydrogens is 368 g/mol. The Hall–Kier alpha value is -2.70. The summed E-state index contributed by atoms with van der Waals surface area (Å²) in [6, 6.07) is 17.1. The van der Waals surface area contributed by atoms with Crippen LogP contribution in [0.4, 0.5) is 5.13 Å². The lowest BCUT2D eigenvalue weighted by Gasteiger charge is -2.20. The van der Waals surface area contributed by atoms with Crippen molar-refractivity contribution in [2.45, 2.75) is 6.54 Å². The van der Waals surface area contributed by atoms with Gasteiger partial charge in [0.15, 0.2) is 5.13 Å². The highest BCUT2D eigenvalue weighted by Gasteiger charge is 2.23. The van der Waals surface area contributed by atoms with E-state index in [-0.39, 0.29) is 5.91 Å². The minimum absolute atomic E-state index is 0.140. The van der Waals surface area contributed by atoms with Gasteiger partial charge >= 0.3 is 0 Å². The molecule has 4 aromatic rings. The summed E-state index contributed by atoms with van der Waals surface area (Å²) in [6.07, 6.45) is 1.62. The number of amides is 1. The van der Waals surface area contributed by atoms with Crippen LogP contribution in [-0.4, -0.2) is 20.7 Å². The van der Waals surface area contributed by atoms with Crippen LogP contribution in [0, 0.1) is 0 Å². The van der Waals surface area contributed by atoms with Crippen LogP contribution >= 0.6 is 22.9 Å². The van der Waals surface area contributed by atoms with Gasteiger partial charge in [-0.2, -0.15) is 5.10 Å². The van der Waals surface area contributed by atoms with Gasteiger partial charge in [0.05, 0.1) is 16.8 Å². The lowest BCUT2D eigenvalue weighted by atomic mass is 10.2. The van der Waals surface area contributed by atoms with Gasteiger partial charge in [0.2, 0.25) is 0 Å². The first kappa shape index (κ1) is 16.8. The maximum atomic E-state index is 13.2. The summed E-state index contributed by atoms with van der Waals surface area (Å²) >= 11 is 7.54. The monoisotopic (exact) mass is 382 g/mol. The number of fused-ring (bicyclic) bond motifs is 1. The second kappa shape index (κ2) is 6.90. The maximum Gasteiger partial charge on any atom is 0.278 e. The molecule has 2 aromatic heterocycles. The Morgan fingerprint density at radius 1 is 1.19 bits per heavy atom. The predicted molar refractivity (Wildman–Crippen MR) is 105 cm³/mol. The Bertz CT molecular complexity index is 1070.